The molecule has 0 aromatic heterocycles. The number of rotatable bonds is 8. The van der Waals surface area contributed by atoms with E-state index in [-0.39, 0.29) is 12.5 Å². The minimum absolute atomic E-state index is 0.0621. The maximum absolute atomic E-state index is 11.5. The van der Waals surface area contributed by atoms with Crippen molar-refractivity contribution in [2.45, 2.75) is 31.9 Å². The van der Waals surface area contributed by atoms with Crippen molar-refractivity contribution in [3.8, 4) is 11.5 Å². The number of β-amino-alcohol motifs (C(OH)–C–C–N with tert-alkyl or cyclic N) is 1. The van der Waals surface area contributed by atoms with Crippen LogP contribution in [0.1, 0.15) is 24.8 Å². The SMILES string of the molecule is COc1ccc(CN2CCNC(=O)C2)cc1OC[C@H](O)CN1CCCCC1. The number of benzene rings is 1. The number of methoxy groups -OCH3 is 1. The van der Waals surface area contributed by atoms with Gasteiger partial charge < -0.3 is 24.8 Å². The molecule has 0 saturated carbocycles. The van der Waals surface area contributed by atoms with E-state index >= 15 is 0 Å². The fourth-order valence-electron chi connectivity index (χ4n) is 3.70. The van der Waals surface area contributed by atoms with Crippen LogP contribution in [-0.4, -0.2) is 79.9 Å². The molecular formula is C20H31N3O4. The molecule has 7 nitrogen and oxygen atoms in total. The summed E-state index contributed by atoms with van der Waals surface area (Å²) in [5.74, 6) is 1.35. The average molecular weight is 377 g/mol. The third-order valence-corrected chi connectivity index (χ3v) is 5.10. The molecule has 27 heavy (non-hydrogen) atoms. The van der Waals surface area contributed by atoms with Gasteiger partial charge in [-0.25, -0.2) is 0 Å². The van der Waals surface area contributed by atoms with Crippen LogP contribution in [0.15, 0.2) is 18.2 Å². The van der Waals surface area contributed by atoms with Gasteiger partial charge in [-0.3, -0.25) is 9.69 Å². The van der Waals surface area contributed by atoms with E-state index in [2.05, 4.69) is 15.1 Å². The van der Waals surface area contributed by atoms with Crippen LogP contribution in [0.3, 0.4) is 0 Å². The van der Waals surface area contributed by atoms with Crippen molar-refractivity contribution in [1.29, 1.82) is 0 Å². The zero-order valence-corrected chi connectivity index (χ0v) is 16.2. The van der Waals surface area contributed by atoms with Gasteiger partial charge in [-0.1, -0.05) is 12.5 Å². The summed E-state index contributed by atoms with van der Waals surface area (Å²) in [6.45, 7) is 5.61. The van der Waals surface area contributed by atoms with Crippen molar-refractivity contribution in [2.24, 2.45) is 0 Å². The van der Waals surface area contributed by atoms with E-state index in [0.29, 0.717) is 37.7 Å². The predicted molar refractivity (Wildman–Crippen MR) is 103 cm³/mol. The normalized spacial score (nSPS) is 20.1. The summed E-state index contributed by atoms with van der Waals surface area (Å²) in [5, 5.41) is 13.2. The van der Waals surface area contributed by atoms with Crippen molar-refractivity contribution in [1.82, 2.24) is 15.1 Å². The Labute approximate surface area is 161 Å². The fourth-order valence-corrected chi connectivity index (χ4v) is 3.70. The van der Waals surface area contributed by atoms with E-state index in [1.165, 1.54) is 19.3 Å². The molecule has 2 aliphatic rings. The van der Waals surface area contributed by atoms with Gasteiger partial charge in [-0.2, -0.15) is 0 Å². The topological polar surface area (TPSA) is 74.3 Å². The second-order valence-electron chi connectivity index (χ2n) is 7.37. The van der Waals surface area contributed by atoms with E-state index in [1.54, 1.807) is 7.11 Å². The third kappa shape index (κ3) is 6.09. The summed E-state index contributed by atoms with van der Waals surface area (Å²) in [7, 11) is 1.61. The zero-order valence-electron chi connectivity index (χ0n) is 16.2. The highest BCUT2D eigenvalue weighted by atomic mass is 16.5. The monoisotopic (exact) mass is 377 g/mol. The molecule has 2 N–H and O–H groups in total. The van der Waals surface area contributed by atoms with Gasteiger partial charge in [0.05, 0.1) is 13.7 Å². The number of carbonyl (C=O) groups excluding carboxylic acids is 1. The molecule has 0 radical (unpaired) electrons. The number of hydrogen-bond donors (Lipinski definition) is 2. The number of nitrogens with zero attached hydrogens (tertiary/aromatic N) is 2. The highest BCUT2D eigenvalue weighted by Crippen LogP contribution is 2.29. The van der Waals surface area contributed by atoms with E-state index in [0.717, 1.165) is 25.2 Å². The van der Waals surface area contributed by atoms with E-state index < -0.39 is 6.10 Å². The number of aliphatic hydroxyl groups excluding tert-OH is 1. The van der Waals surface area contributed by atoms with Gasteiger partial charge in [0.15, 0.2) is 11.5 Å². The molecule has 2 aliphatic heterocycles. The first-order valence-corrected chi connectivity index (χ1v) is 9.83. The Hall–Kier alpha value is -1.83. The van der Waals surface area contributed by atoms with Crippen molar-refractivity contribution < 1.29 is 19.4 Å². The first-order chi connectivity index (χ1) is 13.1. The van der Waals surface area contributed by atoms with Crippen LogP contribution in [0.4, 0.5) is 0 Å². The summed E-state index contributed by atoms with van der Waals surface area (Å²) in [6, 6.07) is 5.81. The molecule has 0 aliphatic carbocycles. The first-order valence-electron chi connectivity index (χ1n) is 9.83. The van der Waals surface area contributed by atoms with Gasteiger partial charge in [-0.05, 0) is 43.6 Å². The lowest BCUT2D eigenvalue weighted by Crippen LogP contribution is -2.47. The number of amides is 1. The Morgan fingerprint density at radius 1 is 1.15 bits per heavy atom. The van der Waals surface area contributed by atoms with E-state index in [9.17, 15) is 9.90 Å². The van der Waals surface area contributed by atoms with Crippen molar-refractivity contribution >= 4 is 5.91 Å². The molecule has 0 unspecified atom stereocenters. The van der Waals surface area contributed by atoms with Crippen molar-refractivity contribution in [3.05, 3.63) is 23.8 Å². The second-order valence-corrected chi connectivity index (χ2v) is 7.37. The van der Waals surface area contributed by atoms with E-state index in [1.807, 2.05) is 18.2 Å². The summed E-state index contributed by atoms with van der Waals surface area (Å²) in [6.07, 6.45) is 3.17. The Bertz CT molecular complexity index is 619. The Balaban J connectivity index is 1.55. The molecule has 3 rings (SSSR count). The molecule has 1 aromatic rings. The Morgan fingerprint density at radius 2 is 1.96 bits per heavy atom. The van der Waals surface area contributed by atoms with Crippen LogP contribution in [-0.2, 0) is 11.3 Å². The van der Waals surface area contributed by atoms with Crippen LogP contribution in [0.25, 0.3) is 0 Å². The summed E-state index contributed by atoms with van der Waals surface area (Å²) in [4.78, 5) is 15.9. The molecule has 1 atom stereocenters. The van der Waals surface area contributed by atoms with Crippen LogP contribution < -0.4 is 14.8 Å². The number of ether oxygens (including phenoxy) is 2. The van der Waals surface area contributed by atoms with Crippen LogP contribution in [0.2, 0.25) is 0 Å². The van der Waals surface area contributed by atoms with Gasteiger partial charge in [0.1, 0.15) is 12.7 Å². The molecule has 2 saturated heterocycles. The third-order valence-electron chi connectivity index (χ3n) is 5.10. The number of piperazine rings is 1. The molecule has 1 amide bonds. The highest BCUT2D eigenvalue weighted by Gasteiger charge is 2.18. The average Bonchev–Trinajstić information content (AvgIpc) is 2.67. The zero-order chi connectivity index (χ0) is 19.1. The minimum Gasteiger partial charge on any atom is -0.493 e. The number of nitrogens with one attached hydrogen (secondary N) is 1. The molecular weight excluding hydrogens is 346 g/mol. The smallest absolute Gasteiger partial charge is 0.234 e. The summed E-state index contributed by atoms with van der Waals surface area (Å²) < 4.78 is 11.3. The largest absolute Gasteiger partial charge is 0.493 e. The van der Waals surface area contributed by atoms with Crippen LogP contribution in [0.5, 0.6) is 11.5 Å². The number of likely N-dealkylation sites (tertiary alicyclic amines) is 1. The molecule has 2 fully saturated rings. The fraction of sp³-hybridized carbons (Fsp3) is 0.650. The lowest BCUT2D eigenvalue weighted by atomic mass is 10.1. The van der Waals surface area contributed by atoms with Crippen LogP contribution >= 0.6 is 0 Å². The lowest BCUT2D eigenvalue weighted by molar-refractivity contribution is -0.124. The maximum atomic E-state index is 11.5. The van der Waals surface area contributed by atoms with Gasteiger partial charge >= 0.3 is 0 Å². The molecule has 0 bridgehead atoms. The standard InChI is InChI=1S/C20H31N3O4/c1-26-18-6-5-16(12-23-10-7-21-20(25)14-23)11-19(18)27-15-17(24)13-22-8-3-2-4-9-22/h5-6,11,17,24H,2-4,7-10,12-15H2,1H3,(H,21,25)/t17-/m1/s1. The molecule has 150 valence electrons. The first kappa shape index (κ1) is 19.9. The predicted octanol–water partition coefficient (Wildman–Crippen LogP) is 0.853. The summed E-state index contributed by atoms with van der Waals surface area (Å²) >= 11 is 0. The molecule has 2 heterocycles. The minimum atomic E-state index is -0.526. The Morgan fingerprint density at radius 3 is 2.70 bits per heavy atom. The second kappa shape index (κ2) is 9.92. The Kier molecular flexibility index (Phi) is 7.32. The molecule has 0 spiro atoms. The molecule has 7 heteroatoms. The van der Waals surface area contributed by atoms with Crippen molar-refractivity contribution in [3.63, 3.8) is 0 Å². The van der Waals surface area contributed by atoms with Crippen molar-refractivity contribution in [2.75, 3.05) is 53.0 Å². The lowest BCUT2D eigenvalue weighted by Gasteiger charge is -2.28. The van der Waals surface area contributed by atoms with Gasteiger partial charge in [-0.15, -0.1) is 0 Å². The highest BCUT2D eigenvalue weighted by molar-refractivity contribution is 5.78. The van der Waals surface area contributed by atoms with Gasteiger partial charge in [0, 0.05) is 26.2 Å². The number of carbonyl (C=O) groups is 1. The van der Waals surface area contributed by atoms with Crippen LogP contribution in [0, 0.1) is 0 Å². The number of hydrogen-bond acceptors (Lipinski definition) is 6. The molecule has 1 aromatic carbocycles. The summed E-state index contributed by atoms with van der Waals surface area (Å²) in [5.41, 5.74) is 1.06. The van der Waals surface area contributed by atoms with Gasteiger partial charge in [0.25, 0.3) is 0 Å². The maximum Gasteiger partial charge on any atom is 0.234 e. The van der Waals surface area contributed by atoms with E-state index in [4.69, 9.17) is 9.47 Å². The van der Waals surface area contributed by atoms with Gasteiger partial charge in [0.2, 0.25) is 5.91 Å². The number of aliphatic hydroxyl groups is 1. The number of piperidine rings is 1. The quantitative estimate of drug-likeness (QED) is 0.700.